The van der Waals surface area contributed by atoms with Crippen LogP contribution in [0.15, 0.2) is 29.2 Å². The summed E-state index contributed by atoms with van der Waals surface area (Å²) in [6.45, 7) is 0.454. The van der Waals surface area contributed by atoms with Gasteiger partial charge >= 0.3 is 5.97 Å². The maximum Gasteiger partial charge on any atom is 0.307 e. The molecule has 1 aliphatic rings. The summed E-state index contributed by atoms with van der Waals surface area (Å²) in [4.78, 5) is 10.7. The van der Waals surface area contributed by atoms with Crippen molar-refractivity contribution < 1.29 is 18.3 Å². The van der Waals surface area contributed by atoms with E-state index in [9.17, 15) is 13.2 Å². The third kappa shape index (κ3) is 4.61. The van der Waals surface area contributed by atoms with Crippen LogP contribution in [0.4, 0.5) is 0 Å². The van der Waals surface area contributed by atoms with E-state index in [-0.39, 0.29) is 11.3 Å². The molecule has 1 fully saturated rings. The van der Waals surface area contributed by atoms with Gasteiger partial charge in [0.05, 0.1) is 11.3 Å². The summed E-state index contributed by atoms with van der Waals surface area (Å²) in [6.07, 6.45) is 4.39. The molecule has 5 nitrogen and oxygen atoms in total. The largest absolute Gasteiger partial charge is 0.481 e. The Bertz CT molecular complexity index is 561. The lowest BCUT2D eigenvalue weighted by Crippen LogP contribution is -2.24. The number of benzene rings is 1. The van der Waals surface area contributed by atoms with Crippen LogP contribution in [0.5, 0.6) is 0 Å². The highest BCUT2D eigenvalue weighted by molar-refractivity contribution is 7.89. The molecule has 2 rings (SSSR count). The molecule has 1 aromatic carbocycles. The van der Waals surface area contributed by atoms with E-state index in [2.05, 4.69) is 4.72 Å². The normalized spacial score (nSPS) is 15.2. The highest BCUT2D eigenvalue weighted by atomic mass is 32.2. The Balaban J connectivity index is 1.88. The molecule has 20 heavy (non-hydrogen) atoms. The molecule has 0 radical (unpaired) electrons. The summed E-state index contributed by atoms with van der Waals surface area (Å²) in [5.41, 5.74) is 0.588. The molecule has 0 heterocycles. The number of hydrogen-bond donors (Lipinski definition) is 2. The fraction of sp³-hybridized carbons (Fsp3) is 0.500. The molecule has 0 bridgehead atoms. The summed E-state index contributed by atoms with van der Waals surface area (Å²) in [5.74, 6) is -0.131. The highest BCUT2D eigenvalue weighted by Gasteiger charge is 2.20. The Morgan fingerprint density at radius 2 is 1.90 bits per heavy atom. The third-order valence-corrected chi connectivity index (χ3v) is 4.84. The van der Waals surface area contributed by atoms with E-state index in [0.717, 1.165) is 18.8 Å². The quantitative estimate of drug-likeness (QED) is 0.716. The van der Waals surface area contributed by atoms with Gasteiger partial charge in [0.2, 0.25) is 10.0 Å². The first-order valence-corrected chi connectivity index (χ1v) is 8.26. The lowest BCUT2D eigenvalue weighted by molar-refractivity contribution is -0.136. The average Bonchev–Trinajstić information content (AvgIpc) is 3.19. The standard InChI is InChI=1S/C14H19NO4S/c16-14(17)10-12-5-7-13(8-6-12)20(18,19)15-9-1-2-11-3-4-11/h5-8,11,15H,1-4,9-10H2,(H,16,17). The monoisotopic (exact) mass is 297 g/mol. The number of carboxylic acids is 1. The Morgan fingerprint density at radius 3 is 2.45 bits per heavy atom. The summed E-state index contributed by atoms with van der Waals surface area (Å²) in [5, 5.41) is 8.66. The van der Waals surface area contributed by atoms with Crippen molar-refractivity contribution in [3.8, 4) is 0 Å². The van der Waals surface area contributed by atoms with Crippen LogP contribution in [0.2, 0.25) is 0 Å². The van der Waals surface area contributed by atoms with E-state index < -0.39 is 16.0 Å². The minimum Gasteiger partial charge on any atom is -0.481 e. The molecule has 6 heteroatoms. The lowest BCUT2D eigenvalue weighted by Gasteiger charge is -2.07. The molecule has 1 aromatic rings. The van der Waals surface area contributed by atoms with E-state index in [1.807, 2.05) is 0 Å². The van der Waals surface area contributed by atoms with Gasteiger partial charge in [0.1, 0.15) is 0 Å². The maximum absolute atomic E-state index is 12.0. The van der Waals surface area contributed by atoms with Crippen molar-refractivity contribution in [3.63, 3.8) is 0 Å². The second kappa shape index (κ2) is 6.37. The Hall–Kier alpha value is -1.40. The van der Waals surface area contributed by atoms with Gasteiger partial charge in [-0.05, 0) is 36.5 Å². The summed E-state index contributed by atoms with van der Waals surface area (Å²) >= 11 is 0. The van der Waals surface area contributed by atoms with Gasteiger partial charge in [-0.1, -0.05) is 25.0 Å². The summed E-state index contributed by atoms with van der Waals surface area (Å²) in [6, 6.07) is 5.96. The first kappa shape index (κ1) is 15.0. The number of hydrogen-bond acceptors (Lipinski definition) is 3. The second-order valence-corrected chi connectivity index (χ2v) is 6.96. The van der Waals surface area contributed by atoms with Crippen molar-refractivity contribution in [2.45, 2.75) is 37.0 Å². The number of sulfonamides is 1. The van der Waals surface area contributed by atoms with E-state index in [1.165, 1.54) is 37.1 Å². The minimum absolute atomic E-state index is 0.102. The molecule has 0 aliphatic heterocycles. The number of carbonyl (C=O) groups is 1. The van der Waals surface area contributed by atoms with Gasteiger partial charge < -0.3 is 5.11 Å². The van der Waals surface area contributed by atoms with Crippen LogP contribution < -0.4 is 4.72 Å². The first-order valence-electron chi connectivity index (χ1n) is 6.78. The van der Waals surface area contributed by atoms with Crippen molar-refractivity contribution in [1.82, 2.24) is 4.72 Å². The number of rotatable bonds is 8. The molecule has 1 saturated carbocycles. The SMILES string of the molecule is O=C(O)Cc1ccc(S(=O)(=O)NCCCC2CC2)cc1. The van der Waals surface area contributed by atoms with Crippen molar-refractivity contribution in [1.29, 1.82) is 0 Å². The Labute approximate surface area is 119 Å². The first-order chi connectivity index (χ1) is 9.47. The van der Waals surface area contributed by atoms with Crippen molar-refractivity contribution >= 4 is 16.0 Å². The maximum atomic E-state index is 12.0. The lowest BCUT2D eigenvalue weighted by atomic mass is 10.2. The fourth-order valence-corrected chi connectivity index (χ4v) is 3.12. The van der Waals surface area contributed by atoms with Crippen LogP contribution in [0.1, 0.15) is 31.2 Å². The van der Waals surface area contributed by atoms with Crippen LogP contribution in [-0.4, -0.2) is 26.0 Å². The van der Waals surface area contributed by atoms with Gasteiger partial charge in [-0.15, -0.1) is 0 Å². The molecule has 0 unspecified atom stereocenters. The smallest absolute Gasteiger partial charge is 0.307 e. The van der Waals surface area contributed by atoms with E-state index >= 15 is 0 Å². The van der Waals surface area contributed by atoms with Gasteiger partial charge in [0.15, 0.2) is 0 Å². The minimum atomic E-state index is -3.48. The number of nitrogens with one attached hydrogen (secondary N) is 1. The molecular weight excluding hydrogens is 278 g/mol. The zero-order chi connectivity index (χ0) is 14.6. The molecule has 0 atom stereocenters. The zero-order valence-electron chi connectivity index (χ0n) is 11.2. The predicted molar refractivity (Wildman–Crippen MR) is 74.9 cm³/mol. The summed E-state index contributed by atoms with van der Waals surface area (Å²) in [7, 11) is -3.48. The highest BCUT2D eigenvalue weighted by Crippen LogP contribution is 2.33. The van der Waals surface area contributed by atoms with Crippen LogP contribution in [0.25, 0.3) is 0 Å². The van der Waals surface area contributed by atoms with Crippen LogP contribution in [0.3, 0.4) is 0 Å². The van der Waals surface area contributed by atoms with Crippen LogP contribution in [0, 0.1) is 5.92 Å². The summed E-state index contributed by atoms with van der Waals surface area (Å²) < 4.78 is 26.6. The van der Waals surface area contributed by atoms with E-state index in [0.29, 0.717) is 12.1 Å². The van der Waals surface area contributed by atoms with Gasteiger partial charge in [-0.3, -0.25) is 4.79 Å². The third-order valence-electron chi connectivity index (χ3n) is 3.37. The van der Waals surface area contributed by atoms with E-state index in [4.69, 9.17) is 5.11 Å². The molecule has 2 N–H and O–H groups in total. The number of aliphatic carboxylic acids is 1. The van der Waals surface area contributed by atoms with E-state index in [1.54, 1.807) is 0 Å². The Morgan fingerprint density at radius 1 is 1.25 bits per heavy atom. The second-order valence-electron chi connectivity index (χ2n) is 5.20. The van der Waals surface area contributed by atoms with Gasteiger partial charge in [0.25, 0.3) is 0 Å². The number of carboxylic acid groups (broad SMARTS) is 1. The molecule has 0 saturated heterocycles. The molecule has 0 amide bonds. The van der Waals surface area contributed by atoms with Gasteiger partial charge in [0, 0.05) is 6.54 Å². The van der Waals surface area contributed by atoms with Gasteiger partial charge in [-0.25, -0.2) is 13.1 Å². The molecular formula is C14H19NO4S. The van der Waals surface area contributed by atoms with Crippen molar-refractivity contribution in [2.24, 2.45) is 5.92 Å². The Kier molecular flexibility index (Phi) is 4.77. The fourth-order valence-electron chi connectivity index (χ4n) is 2.05. The molecule has 110 valence electrons. The zero-order valence-corrected chi connectivity index (χ0v) is 12.0. The van der Waals surface area contributed by atoms with Crippen LogP contribution in [-0.2, 0) is 21.2 Å². The molecule has 0 spiro atoms. The molecule has 0 aromatic heterocycles. The van der Waals surface area contributed by atoms with Crippen LogP contribution >= 0.6 is 0 Å². The van der Waals surface area contributed by atoms with Crippen molar-refractivity contribution in [3.05, 3.63) is 29.8 Å². The molecule has 1 aliphatic carbocycles. The van der Waals surface area contributed by atoms with Crippen molar-refractivity contribution in [2.75, 3.05) is 6.54 Å². The van der Waals surface area contributed by atoms with Gasteiger partial charge in [-0.2, -0.15) is 0 Å². The topological polar surface area (TPSA) is 83.5 Å². The average molecular weight is 297 g/mol. The predicted octanol–water partition coefficient (Wildman–Crippen LogP) is 1.78.